The Hall–Kier alpha value is -2.23. The molecule has 0 spiro atoms. The van der Waals surface area contributed by atoms with Crippen molar-refractivity contribution in [2.24, 2.45) is 0 Å². The van der Waals surface area contributed by atoms with Crippen molar-refractivity contribution in [3.63, 3.8) is 0 Å². The summed E-state index contributed by atoms with van der Waals surface area (Å²) in [6.07, 6.45) is 2.73. The summed E-state index contributed by atoms with van der Waals surface area (Å²) in [6.45, 7) is 4.97. The average molecular weight is 479 g/mol. The average Bonchev–Trinajstić information content (AvgIpc) is 2.81. The zero-order chi connectivity index (χ0) is 23.1. The van der Waals surface area contributed by atoms with Crippen LogP contribution in [0.1, 0.15) is 33.1 Å². The number of benzene rings is 2. The number of ether oxygens (including phenoxy) is 2. The van der Waals surface area contributed by atoms with E-state index in [4.69, 9.17) is 9.47 Å². The highest BCUT2D eigenvalue weighted by atomic mass is 32.2. The molecule has 0 saturated carbocycles. The molecule has 1 amide bonds. The third-order valence-corrected chi connectivity index (χ3v) is 8.22. The summed E-state index contributed by atoms with van der Waals surface area (Å²) >= 11 is 1.42. The molecule has 1 aliphatic rings. The predicted molar refractivity (Wildman–Crippen MR) is 127 cm³/mol. The molecule has 9 heteroatoms. The van der Waals surface area contributed by atoms with Gasteiger partial charge in [0.1, 0.15) is 16.4 Å². The molecule has 2 aromatic rings. The van der Waals surface area contributed by atoms with Crippen LogP contribution in [0.2, 0.25) is 0 Å². The third-order valence-electron chi connectivity index (χ3n) is 5.19. The van der Waals surface area contributed by atoms with Crippen LogP contribution in [0.3, 0.4) is 0 Å². The standard InChI is InChI=1S/C23H30N2O5S2/c1-4-30-21-13-8-18(16-22(21)32(27,28)25-14-6-5-7-15-25)24-23(26)17(2)31-20-11-9-19(29-3)10-12-20/h8-13,16-17H,4-7,14-15H2,1-3H3,(H,24,26). The summed E-state index contributed by atoms with van der Waals surface area (Å²) in [7, 11) is -2.10. The molecule has 1 fully saturated rings. The Morgan fingerprint density at radius 1 is 1.12 bits per heavy atom. The van der Waals surface area contributed by atoms with Crippen molar-refractivity contribution < 1.29 is 22.7 Å². The number of nitrogens with zero attached hydrogens (tertiary/aromatic N) is 1. The molecule has 174 valence electrons. The van der Waals surface area contributed by atoms with Gasteiger partial charge in [0.05, 0.1) is 19.0 Å². The number of anilines is 1. The van der Waals surface area contributed by atoms with Crippen molar-refractivity contribution in [3.8, 4) is 11.5 Å². The fourth-order valence-electron chi connectivity index (χ4n) is 3.46. The molecule has 1 atom stereocenters. The first-order chi connectivity index (χ1) is 15.3. The largest absolute Gasteiger partial charge is 0.497 e. The summed E-state index contributed by atoms with van der Waals surface area (Å²) in [5.74, 6) is 0.844. The summed E-state index contributed by atoms with van der Waals surface area (Å²) in [6, 6.07) is 12.3. The molecule has 3 rings (SSSR count). The van der Waals surface area contributed by atoms with Gasteiger partial charge in [-0.1, -0.05) is 6.42 Å². The van der Waals surface area contributed by atoms with Crippen molar-refractivity contribution in [1.29, 1.82) is 0 Å². The van der Waals surface area contributed by atoms with Gasteiger partial charge in [0.15, 0.2) is 0 Å². The van der Waals surface area contributed by atoms with Gasteiger partial charge in [0.25, 0.3) is 0 Å². The first kappa shape index (κ1) is 24.4. The van der Waals surface area contributed by atoms with E-state index >= 15 is 0 Å². The van der Waals surface area contributed by atoms with Crippen molar-refractivity contribution in [1.82, 2.24) is 4.31 Å². The molecule has 0 aliphatic carbocycles. The molecule has 1 heterocycles. The molecule has 1 N–H and O–H groups in total. The molecule has 2 aromatic carbocycles. The fourth-order valence-corrected chi connectivity index (χ4v) is 6.00. The van der Waals surface area contributed by atoms with Crippen molar-refractivity contribution in [2.75, 3.05) is 32.1 Å². The Morgan fingerprint density at radius 3 is 2.44 bits per heavy atom. The second-order valence-electron chi connectivity index (χ2n) is 7.48. The maximum atomic E-state index is 13.3. The van der Waals surface area contributed by atoms with E-state index in [2.05, 4.69) is 5.32 Å². The van der Waals surface area contributed by atoms with E-state index < -0.39 is 10.0 Å². The number of hydrogen-bond acceptors (Lipinski definition) is 6. The number of thioether (sulfide) groups is 1. The first-order valence-corrected chi connectivity index (χ1v) is 13.1. The van der Waals surface area contributed by atoms with Gasteiger partial charge in [-0.15, -0.1) is 11.8 Å². The van der Waals surface area contributed by atoms with Gasteiger partial charge < -0.3 is 14.8 Å². The Labute approximate surface area is 194 Å². The zero-order valence-corrected chi connectivity index (χ0v) is 20.3. The topological polar surface area (TPSA) is 84.9 Å². The molecule has 0 aromatic heterocycles. The minimum absolute atomic E-state index is 0.0921. The molecular formula is C23H30N2O5S2. The number of carbonyl (C=O) groups is 1. The van der Waals surface area contributed by atoms with Gasteiger partial charge >= 0.3 is 0 Å². The van der Waals surface area contributed by atoms with Crippen LogP contribution in [0.25, 0.3) is 0 Å². The smallest absolute Gasteiger partial charge is 0.246 e. The highest BCUT2D eigenvalue weighted by Crippen LogP contribution is 2.32. The Morgan fingerprint density at radius 2 is 1.81 bits per heavy atom. The van der Waals surface area contributed by atoms with Gasteiger partial charge in [0.2, 0.25) is 15.9 Å². The van der Waals surface area contributed by atoms with E-state index in [0.29, 0.717) is 31.1 Å². The van der Waals surface area contributed by atoms with Crippen LogP contribution in [0.5, 0.6) is 11.5 Å². The second kappa shape index (κ2) is 11.1. The zero-order valence-electron chi connectivity index (χ0n) is 18.7. The summed E-state index contributed by atoms with van der Waals surface area (Å²) in [4.78, 5) is 13.8. The van der Waals surface area contributed by atoms with Crippen LogP contribution >= 0.6 is 11.8 Å². The van der Waals surface area contributed by atoms with E-state index in [9.17, 15) is 13.2 Å². The van der Waals surface area contributed by atoms with Crippen molar-refractivity contribution >= 4 is 33.4 Å². The van der Waals surface area contributed by atoms with Crippen LogP contribution < -0.4 is 14.8 Å². The molecule has 0 bridgehead atoms. The number of piperidine rings is 1. The van der Waals surface area contributed by atoms with E-state index in [1.807, 2.05) is 38.1 Å². The number of nitrogens with one attached hydrogen (secondary N) is 1. The summed E-state index contributed by atoms with van der Waals surface area (Å²) in [5, 5.41) is 2.47. The molecule has 7 nitrogen and oxygen atoms in total. The maximum absolute atomic E-state index is 13.3. The van der Waals surface area contributed by atoms with Gasteiger partial charge in [-0.3, -0.25) is 4.79 Å². The van der Waals surface area contributed by atoms with Crippen molar-refractivity contribution in [3.05, 3.63) is 42.5 Å². The lowest BCUT2D eigenvalue weighted by Gasteiger charge is -2.27. The lowest BCUT2D eigenvalue weighted by molar-refractivity contribution is -0.115. The number of sulfonamides is 1. The SMILES string of the molecule is CCOc1ccc(NC(=O)C(C)Sc2ccc(OC)cc2)cc1S(=O)(=O)N1CCCCC1. The molecule has 32 heavy (non-hydrogen) atoms. The molecule has 0 radical (unpaired) electrons. The number of amides is 1. The number of carbonyl (C=O) groups excluding carboxylic acids is 1. The van der Waals surface area contributed by atoms with E-state index in [0.717, 1.165) is 29.9 Å². The van der Waals surface area contributed by atoms with Crippen LogP contribution in [0.4, 0.5) is 5.69 Å². The quantitative estimate of drug-likeness (QED) is 0.538. The highest BCUT2D eigenvalue weighted by Gasteiger charge is 2.29. The minimum Gasteiger partial charge on any atom is -0.497 e. The lowest BCUT2D eigenvalue weighted by atomic mass is 10.2. The number of methoxy groups -OCH3 is 1. The second-order valence-corrected chi connectivity index (χ2v) is 10.8. The maximum Gasteiger partial charge on any atom is 0.246 e. The minimum atomic E-state index is -3.71. The van der Waals surface area contributed by atoms with Crippen LogP contribution in [0.15, 0.2) is 52.3 Å². The normalized spacial score (nSPS) is 15.7. The Kier molecular flexibility index (Phi) is 8.44. The van der Waals surface area contributed by atoms with Gasteiger partial charge in [-0.05, 0) is 69.2 Å². The van der Waals surface area contributed by atoms with Gasteiger partial charge in [-0.2, -0.15) is 4.31 Å². The van der Waals surface area contributed by atoms with E-state index in [1.54, 1.807) is 19.2 Å². The van der Waals surface area contributed by atoms with Crippen LogP contribution in [-0.4, -0.2) is 50.7 Å². The molecule has 1 saturated heterocycles. The van der Waals surface area contributed by atoms with E-state index in [1.165, 1.54) is 22.1 Å². The van der Waals surface area contributed by atoms with Crippen LogP contribution in [-0.2, 0) is 14.8 Å². The van der Waals surface area contributed by atoms with E-state index in [-0.39, 0.29) is 16.1 Å². The van der Waals surface area contributed by atoms with Gasteiger partial charge in [-0.25, -0.2) is 8.42 Å². The highest BCUT2D eigenvalue weighted by molar-refractivity contribution is 8.00. The monoisotopic (exact) mass is 478 g/mol. The first-order valence-electron chi connectivity index (χ1n) is 10.7. The summed E-state index contributed by atoms with van der Waals surface area (Å²) in [5.41, 5.74) is 0.427. The molecular weight excluding hydrogens is 448 g/mol. The van der Waals surface area contributed by atoms with Crippen molar-refractivity contribution in [2.45, 2.75) is 48.2 Å². The number of hydrogen-bond donors (Lipinski definition) is 1. The van der Waals surface area contributed by atoms with Gasteiger partial charge in [0, 0.05) is 23.7 Å². The predicted octanol–water partition coefficient (Wildman–Crippen LogP) is 4.39. The molecule has 1 unspecified atom stereocenters. The Bertz CT molecular complexity index is 1020. The third kappa shape index (κ3) is 5.96. The van der Waals surface area contributed by atoms with Crippen LogP contribution in [0, 0.1) is 0 Å². The number of rotatable bonds is 9. The lowest BCUT2D eigenvalue weighted by Crippen LogP contribution is -2.35. The molecule has 1 aliphatic heterocycles. The summed E-state index contributed by atoms with van der Waals surface area (Å²) < 4.78 is 38.8. The fraction of sp³-hybridized carbons (Fsp3) is 0.435. The Balaban J connectivity index is 1.77.